The molecule has 2 rings (SSSR count). The molecule has 0 atom stereocenters. The molecule has 0 unspecified atom stereocenters. The van der Waals surface area contributed by atoms with Crippen molar-refractivity contribution in [2.45, 2.75) is 6.92 Å². The van der Waals surface area contributed by atoms with Crippen molar-refractivity contribution in [3.8, 4) is 5.75 Å². The minimum Gasteiger partial charge on any atom is -0.492 e. The third-order valence-electron chi connectivity index (χ3n) is 2.31. The molecule has 3 nitrogen and oxygen atoms in total. The van der Waals surface area contributed by atoms with Gasteiger partial charge in [-0.15, -0.1) is 0 Å². The highest BCUT2D eigenvalue weighted by Gasteiger charge is 2.18. The smallest absolute Gasteiger partial charge is 0.229 e. The SMILES string of the molecule is CCOc1cc(Cl)c(C(=O)c2ccco2)cc1Cl. The van der Waals surface area contributed by atoms with E-state index >= 15 is 0 Å². The highest BCUT2D eigenvalue weighted by molar-refractivity contribution is 6.37. The Balaban J connectivity index is 2.40. The Morgan fingerprint density at radius 1 is 1.33 bits per heavy atom. The molecule has 0 saturated carbocycles. The van der Waals surface area contributed by atoms with Crippen LogP contribution < -0.4 is 4.74 Å². The summed E-state index contributed by atoms with van der Waals surface area (Å²) in [5, 5.41) is 0.625. The second-order valence-electron chi connectivity index (χ2n) is 3.50. The van der Waals surface area contributed by atoms with Crippen LogP contribution in [-0.2, 0) is 0 Å². The summed E-state index contributed by atoms with van der Waals surface area (Å²) in [4.78, 5) is 12.1. The summed E-state index contributed by atoms with van der Waals surface area (Å²) < 4.78 is 10.3. The molecule has 0 aliphatic heterocycles. The van der Waals surface area contributed by atoms with Crippen LogP contribution in [0.1, 0.15) is 23.0 Å². The Bertz CT molecular complexity index is 562. The summed E-state index contributed by atoms with van der Waals surface area (Å²) in [6.07, 6.45) is 1.43. The maximum atomic E-state index is 12.1. The molecule has 1 aromatic carbocycles. The number of halogens is 2. The van der Waals surface area contributed by atoms with Crippen molar-refractivity contribution >= 4 is 29.0 Å². The zero-order valence-electron chi connectivity index (χ0n) is 9.57. The van der Waals surface area contributed by atoms with Gasteiger partial charge < -0.3 is 9.15 Å². The molecule has 18 heavy (non-hydrogen) atoms. The van der Waals surface area contributed by atoms with Crippen molar-refractivity contribution < 1.29 is 13.9 Å². The molecular weight excluding hydrogens is 275 g/mol. The van der Waals surface area contributed by atoms with E-state index in [2.05, 4.69) is 0 Å². The first-order valence-electron chi connectivity index (χ1n) is 5.33. The molecule has 5 heteroatoms. The van der Waals surface area contributed by atoms with Gasteiger partial charge in [-0.05, 0) is 25.1 Å². The van der Waals surface area contributed by atoms with Gasteiger partial charge in [-0.25, -0.2) is 0 Å². The standard InChI is InChI=1S/C13H10Cl2O3/c1-2-17-12-7-9(14)8(6-10(12)15)13(16)11-4-3-5-18-11/h3-7H,2H2,1H3. The summed E-state index contributed by atoms with van der Waals surface area (Å²) in [6, 6.07) is 6.23. The Kier molecular flexibility index (Phi) is 3.94. The number of ether oxygens (including phenoxy) is 1. The molecular formula is C13H10Cl2O3. The van der Waals surface area contributed by atoms with Crippen molar-refractivity contribution in [3.63, 3.8) is 0 Å². The van der Waals surface area contributed by atoms with E-state index in [9.17, 15) is 4.79 Å². The predicted octanol–water partition coefficient (Wildman–Crippen LogP) is 4.22. The third kappa shape index (κ3) is 2.52. The molecule has 94 valence electrons. The van der Waals surface area contributed by atoms with Gasteiger partial charge in [-0.1, -0.05) is 23.2 Å². The molecule has 2 aromatic rings. The quantitative estimate of drug-likeness (QED) is 0.790. The molecule has 0 radical (unpaired) electrons. The molecule has 0 amide bonds. The van der Waals surface area contributed by atoms with Crippen molar-refractivity contribution in [2.24, 2.45) is 0 Å². The number of hydrogen-bond acceptors (Lipinski definition) is 3. The van der Waals surface area contributed by atoms with Crippen LogP contribution in [0.3, 0.4) is 0 Å². The van der Waals surface area contributed by atoms with Crippen molar-refractivity contribution in [1.82, 2.24) is 0 Å². The van der Waals surface area contributed by atoms with Crippen LogP contribution in [0.5, 0.6) is 5.75 Å². The van der Waals surface area contributed by atoms with Crippen LogP contribution in [0.4, 0.5) is 0 Å². The molecule has 0 fully saturated rings. The average molecular weight is 285 g/mol. The first-order chi connectivity index (χ1) is 8.63. The zero-order valence-corrected chi connectivity index (χ0v) is 11.1. The largest absolute Gasteiger partial charge is 0.492 e. The van der Waals surface area contributed by atoms with Crippen molar-refractivity contribution in [3.05, 3.63) is 51.9 Å². The van der Waals surface area contributed by atoms with E-state index in [0.29, 0.717) is 22.9 Å². The Hall–Kier alpha value is -1.45. The van der Waals surface area contributed by atoms with E-state index < -0.39 is 0 Å². The summed E-state index contributed by atoms with van der Waals surface area (Å²) in [5.74, 6) is 0.368. The number of furan rings is 1. The maximum Gasteiger partial charge on any atom is 0.229 e. The Morgan fingerprint density at radius 2 is 2.11 bits per heavy atom. The number of hydrogen-bond donors (Lipinski definition) is 0. The lowest BCUT2D eigenvalue weighted by Gasteiger charge is -2.08. The van der Waals surface area contributed by atoms with Crippen molar-refractivity contribution in [2.75, 3.05) is 6.61 Å². The second-order valence-corrected chi connectivity index (χ2v) is 4.32. The summed E-state index contributed by atoms with van der Waals surface area (Å²) in [7, 11) is 0. The fourth-order valence-electron chi connectivity index (χ4n) is 1.51. The fraction of sp³-hybridized carbons (Fsp3) is 0.154. The maximum absolute atomic E-state index is 12.1. The van der Waals surface area contributed by atoms with Crippen LogP contribution in [-0.4, -0.2) is 12.4 Å². The van der Waals surface area contributed by atoms with Gasteiger partial charge in [0.25, 0.3) is 0 Å². The van der Waals surface area contributed by atoms with Gasteiger partial charge in [0, 0.05) is 11.6 Å². The number of carbonyl (C=O) groups excluding carboxylic acids is 1. The predicted molar refractivity (Wildman–Crippen MR) is 69.8 cm³/mol. The van der Waals surface area contributed by atoms with Crippen LogP contribution in [0.2, 0.25) is 10.0 Å². The van der Waals surface area contributed by atoms with E-state index in [1.165, 1.54) is 18.4 Å². The molecule has 0 aliphatic rings. The van der Waals surface area contributed by atoms with Gasteiger partial charge >= 0.3 is 0 Å². The topological polar surface area (TPSA) is 39.4 Å². The van der Waals surface area contributed by atoms with E-state index in [1.54, 1.807) is 12.1 Å². The molecule has 1 heterocycles. The minimum absolute atomic E-state index is 0.220. The molecule has 0 spiro atoms. The van der Waals surface area contributed by atoms with E-state index in [4.69, 9.17) is 32.4 Å². The molecule has 0 bridgehead atoms. The fourth-order valence-corrected chi connectivity index (χ4v) is 1.97. The van der Waals surface area contributed by atoms with Crippen molar-refractivity contribution in [1.29, 1.82) is 0 Å². The highest BCUT2D eigenvalue weighted by Crippen LogP contribution is 2.32. The first kappa shape index (κ1) is 13.0. The number of ketones is 1. The zero-order chi connectivity index (χ0) is 13.1. The second kappa shape index (κ2) is 5.46. The number of carbonyl (C=O) groups is 1. The average Bonchev–Trinajstić information content (AvgIpc) is 2.86. The summed E-state index contributed by atoms with van der Waals surface area (Å²) in [5.41, 5.74) is 0.292. The number of benzene rings is 1. The molecule has 0 N–H and O–H groups in total. The van der Waals surface area contributed by atoms with Crippen LogP contribution in [0.25, 0.3) is 0 Å². The van der Waals surface area contributed by atoms with Gasteiger partial charge in [-0.2, -0.15) is 0 Å². The van der Waals surface area contributed by atoms with E-state index in [1.807, 2.05) is 6.92 Å². The van der Waals surface area contributed by atoms with E-state index in [0.717, 1.165) is 0 Å². The van der Waals surface area contributed by atoms with Gasteiger partial charge in [0.05, 0.1) is 22.9 Å². The summed E-state index contributed by atoms with van der Waals surface area (Å²) in [6.45, 7) is 2.31. The first-order valence-corrected chi connectivity index (χ1v) is 6.09. The van der Waals surface area contributed by atoms with Crippen LogP contribution in [0.15, 0.2) is 34.9 Å². The monoisotopic (exact) mass is 284 g/mol. The van der Waals surface area contributed by atoms with Gasteiger partial charge in [-0.3, -0.25) is 4.79 Å². The van der Waals surface area contributed by atoms with Gasteiger partial charge in [0.1, 0.15) is 5.75 Å². The minimum atomic E-state index is -0.310. The Morgan fingerprint density at radius 3 is 2.72 bits per heavy atom. The van der Waals surface area contributed by atoms with Crippen LogP contribution >= 0.6 is 23.2 Å². The molecule has 0 saturated heterocycles. The lowest BCUT2D eigenvalue weighted by Crippen LogP contribution is -2.02. The van der Waals surface area contributed by atoms with E-state index in [-0.39, 0.29) is 16.6 Å². The molecule has 0 aliphatic carbocycles. The van der Waals surface area contributed by atoms with Crippen LogP contribution in [0, 0.1) is 0 Å². The normalized spacial score (nSPS) is 10.4. The molecule has 1 aromatic heterocycles. The lowest BCUT2D eigenvalue weighted by atomic mass is 10.1. The van der Waals surface area contributed by atoms with Gasteiger partial charge in [0.15, 0.2) is 5.76 Å². The Labute approximate surface area is 114 Å². The highest BCUT2D eigenvalue weighted by atomic mass is 35.5. The third-order valence-corrected chi connectivity index (χ3v) is 2.92. The van der Waals surface area contributed by atoms with Gasteiger partial charge in [0.2, 0.25) is 5.78 Å². The summed E-state index contributed by atoms with van der Waals surface area (Å²) >= 11 is 12.1. The lowest BCUT2D eigenvalue weighted by molar-refractivity contribution is 0.101. The number of rotatable bonds is 4.